The summed E-state index contributed by atoms with van der Waals surface area (Å²) in [6, 6.07) is 23.2. The topological polar surface area (TPSA) is 32.6 Å². The Hall–Kier alpha value is -2.44. The zero-order valence-electron chi connectivity index (χ0n) is 18.4. The second-order valence-corrected chi connectivity index (χ2v) is 10.1. The number of hydrogen-bond donors (Lipinski definition) is 1. The van der Waals surface area contributed by atoms with Gasteiger partial charge >= 0.3 is 0 Å². The number of phenols is 1. The molecule has 0 aliphatic rings. The van der Waals surface area contributed by atoms with E-state index in [1.165, 1.54) is 27.6 Å². The van der Waals surface area contributed by atoms with Gasteiger partial charge in [0.15, 0.2) is 0 Å². The van der Waals surface area contributed by atoms with Crippen LogP contribution in [0.5, 0.6) is 5.75 Å². The predicted molar refractivity (Wildman–Crippen MR) is 132 cm³/mol. The van der Waals surface area contributed by atoms with Crippen molar-refractivity contribution in [1.29, 1.82) is 0 Å². The van der Waals surface area contributed by atoms with E-state index in [-0.39, 0.29) is 5.16 Å². The summed E-state index contributed by atoms with van der Waals surface area (Å²) in [5.74, 6) is 0.396. The standard InChI is InChI=1S/C27H32NOP/c1-5-15-27(3,30-26-14-11-20(2)16-23(26)19-28-4)24-18-22(12-13-25(24)29)17-21-9-7-6-8-10-21/h6-14,16,18-19,29-30H,5,15,17H2,1-4H3/b28-19+. The Morgan fingerprint density at radius 2 is 1.77 bits per heavy atom. The first kappa shape index (κ1) is 22.2. The maximum absolute atomic E-state index is 10.8. The fourth-order valence-corrected chi connectivity index (χ4v) is 5.82. The van der Waals surface area contributed by atoms with Crippen molar-refractivity contribution in [3.8, 4) is 5.75 Å². The zero-order chi connectivity index (χ0) is 21.6. The van der Waals surface area contributed by atoms with Gasteiger partial charge in [-0.05, 0) is 53.9 Å². The number of benzene rings is 3. The molecule has 0 spiro atoms. The van der Waals surface area contributed by atoms with E-state index in [4.69, 9.17) is 0 Å². The van der Waals surface area contributed by atoms with Crippen LogP contribution in [-0.2, 0) is 11.6 Å². The molecule has 2 unspecified atom stereocenters. The second kappa shape index (κ2) is 10.0. The van der Waals surface area contributed by atoms with Crippen LogP contribution in [0.2, 0.25) is 0 Å². The maximum atomic E-state index is 10.8. The molecule has 30 heavy (non-hydrogen) atoms. The van der Waals surface area contributed by atoms with Gasteiger partial charge < -0.3 is 5.11 Å². The minimum Gasteiger partial charge on any atom is -0.508 e. The molecule has 0 fully saturated rings. The van der Waals surface area contributed by atoms with Gasteiger partial charge in [0.05, 0.1) is 0 Å². The van der Waals surface area contributed by atoms with Crippen molar-refractivity contribution in [2.75, 3.05) is 7.05 Å². The molecular weight excluding hydrogens is 385 g/mol. The highest BCUT2D eigenvalue weighted by Gasteiger charge is 2.30. The highest BCUT2D eigenvalue weighted by molar-refractivity contribution is 7.48. The second-order valence-electron chi connectivity index (χ2n) is 8.20. The summed E-state index contributed by atoms with van der Waals surface area (Å²) in [4.78, 5) is 4.27. The molecule has 0 aliphatic carbocycles. The van der Waals surface area contributed by atoms with Crippen LogP contribution in [0.1, 0.15) is 54.5 Å². The van der Waals surface area contributed by atoms with Gasteiger partial charge in [-0.1, -0.05) is 89.0 Å². The van der Waals surface area contributed by atoms with Gasteiger partial charge in [-0.25, -0.2) is 0 Å². The maximum Gasteiger partial charge on any atom is 0.119 e. The molecule has 0 aliphatic heterocycles. The number of rotatable bonds is 8. The molecule has 156 valence electrons. The molecule has 3 aromatic carbocycles. The van der Waals surface area contributed by atoms with Crippen LogP contribution in [0.4, 0.5) is 0 Å². The monoisotopic (exact) mass is 417 g/mol. The summed E-state index contributed by atoms with van der Waals surface area (Å²) >= 11 is 0. The lowest BCUT2D eigenvalue weighted by Crippen LogP contribution is -2.21. The van der Waals surface area contributed by atoms with E-state index in [0.717, 1.165) is 24.8 Å². The van der Waals surface area contributed by atoms with Crippen LogP contribution in [0.15, 0.2) is 71.7 Å². The van der Waals surface area contributed by atoms with E-state index in [9.17, 15) is 5.11 Å². The minimum atomic E-state index is -0.128. The SMILES string of the molecule is CCCC(C)(Pc1ccc(C)cc1/C=N/C)c1cc(Cc2ccccc2)ccc1O. The smallest absolute Gasteiger partial charge is 0.119 e. The quantitative estimate of drug-likeness (QED) is 0.336. The summed E-state index contributed by atoms with van der Waals surface area (Å²) in [7, 11) is 2.37. The van der Waals surface area contributed by atoms with Gasteiger partial charge in [0.1, 0.15) is 5.75 Å². The molecule has 2 atom stereocenters. The fraction of sp³-hybridized carbons (Fsp3) is 0.296. The summed E-state index contributed by atoms with van der Waals surface area (Å²) in [5.41, 5.74) is 5.99. The lowest BCUT2D eigenvalue weighted by Gasteiger charge is -2.32. The third kappa shape index (κ3) is 5.37. The Bertz CT molecular complexity index is 1010. The molecule has 0 amide bonds. The van der Waals surface area contributed by atoms with Crippen LogP contribution in [0, 0.1) is 6.92 Å². The van der Waals surface area contributed by atoms with E-state index in [2.05, 4.69) is 74.3 Å². The van der Waals surface area contributed by atoms with Crippen LogP contribution in [0.3, 0.4) is 0 Å². The highest BCUT2D eigenvalue weighted by Crippen LogP contribution is 2.48. The van der Waals surface area contributed by atoms with Gasteiger partial charge in [0.25, 0.3) is 0 Å². The Morgan fingerprint density at radius 1 is 1.00 bits per heavy atom. The van der Waals surface area contributed by atoms with Crippen LogP contribution in [0.25, 0.3) is 0 Å². The van der Waals surface area contributed by atoms with Crippen molar-refractivity contribution in [3.63, 3.8) is 0 Å². The average molecular weight is 418 g/mol. The molecule has 1 N–H and O–H groups in total. The van der Waals surface area contributed by atoms with E-state index in [1.54, 1.807) is 0 Å². The lowest BCUT2D eigenvalue weighted by molar-refractivity contribution is 0.453. The minimum absolute atomic E-state index is 0.128. The number of hydrogen-bond acceptors (Lipinski definition) is 2. The molecule has 0 radical (unpaired) electrons. The third-order valence-electron chi connectivity index (χ3n) is 5.54. The van der Waals surface area contributed by atoms with Crippen molar-refractivity contribution < 1.29 is 5.11 Å². The van der Waals surface area contributed by atoms with E-state index >= 15 is 0 Å². The predicted octanol–water partition coefficient (Wildman–Crippen LogP) is 6.36. The molecule has 2 nitrogen and oxygen atoms in total. The normalized spacial score (nSPS) is 13.9. The Balaban J connectivity index is 2.00. The molecule has 0 saturated carbocycles. The first-order chi connectivity index (χ1) is 14.4. The zero-order valence-corrected chi connectivity index (χ0v) is 19.4. The first-order valence-corrected chi connectivity index (χ1v) is 11.6. The van der Waals surface area contributed by atoms with Crippen molar-refractivity contribution in [3.05, 3.63) is 94.5 Å². The van der Waals surface area contributed by atoms with Crippen molar-refractivity contribution in [2.45, 2.75) is 45.2 Å². The third-order valence-corrected chi connectivity index (χ3v) is 7.34. The summed E-state index contributed by atoms with van der Waals surface area (Å²) in [6.45, 7) is 6.63. The fourth-order valence-electron chi connectivity index (χ4n) is 4.07. The Morgan fingerprint density at radius 3 is 2.47 bits per heavy atom. The van der Waals surface area contributed by atoms with Crippen molar-refractivity contribution in [1.82, 2.24) is 0 Å². The van der Waals surface area contributed by atoms with Crippen LogP contribution >= 0.6 is 8.58 Å². The lowest BCUT2D eigenvalue weighted by atomic mass is 9.91. The molecule has 0 aromatic heterocycles. The van der Waals surface area contributed by atoms with Gasteiger partial charge in [0, 0.05) is 24.0 Å². The molecule has 0 heterocycles. The summed E-state index contributed by atoms with van der Waals surface area (Å²) < 4.78 is 0. The number of aliphatic imine (C=N–C) groups is 1. The molecule has 3 rings (SSSR count). The first-order valence-electron chi connectivity index (χ1n) is 10.6. The van der Waals surface area contributed by atoms with Crippen molar-refractivity contribution >= 4 is 20.1 Å². The Labute approximate surface area is 182 Å². The number of aromatic hydroxyl groups is 1. The van der Waals surface area contributed by atoms with Crippen LogP contribution in [-0.4, -0.2) is 18.4 Å². The van der Waals surface area contributed by atoms with Gasteiger partial charge in [-0.2, -0.15) is 0 Å². The highest BCUT2D eigenvalue weighted by atomic mass is 31.1. The van der Waals surface area contributed by atoms with E-state index in [1.807, 2.05) is 31.5 Å². The Kier molecular flexibility index (Phi) is 7.45. The number of phenolic OH excluding ortho intramolecular Hbond substituents is 1. The van der Waals surface area contributed by atoms with Gasteiger partial charge in [0.2, 0.25) is 0 Å². The molecule has 3 heteroatoms. The number of aryl methyl sites for hydroxylation is 1. The van der Waals surface area contributed by atoms with Crippen LogP contribution < -0.4 is 5.30 Å². The van der Waals surface area contributed by atoms with Gasteiger partial charge in [-0.15, -0.1) is 0 Å². The van der Waals surface area contributed by atoms with E-state index in [0.29, 0.717) is 14.3 Å². The number of nitrogens with zero attached hydrogens (tertiary/aromatic N) is 1. The summed E-state index contributed by atoms with van der Waals surface area (Å²) in [6.07, 6.45) is 4.91. The van der Waals surface area contributed by atoms with E-state index < -0.39 is 0 Å². The molecule has 0 saturated heterocycles. The molecule has 3 aromatic rings. The molecular formula is C27H32NOP. The van der Waals surface area contributed by atoms with Gasteiger partial charge in [-0.3, -0.25) is 4.99 Å². The largest absolute Gasteiger partial charge is 0.508 e. The average Bonchev–Trinajstić information content (AvgIpc) is 2.73. The molecule has 0 bridgehead atoms. The van der Waals surface area contributed by atoms with Crippen molar-refractivity contribution in [2.24, 2.45) is 4.99 Å². The summed E-state index contributed by atoms with van der Waals surface area (Å²) in [5, 5.41) is 12.0.